The van der Waals surface area contributed by atoms with Gasteiger partial charge in [0.1, 0.15) is 5.75 Å². The van der Waals surface area contributed by atoms with Gasteiger partial charge in [0.15, 0.2) is 0 Å². The highest BCUT2D eigenvalue weighted by Gasteiger charge is 2.02. The minimum Gasteiger partial charge on any atom is -0.496 e. The van der Waals surface area contributed by atoms with Gasteiger partial charge in [-0.25, -0.2) is 0 Å². The molecule has 0 saturated carbocycles. The molecular weight excluding hydrogens is 216 g/mol. The van der Waals surface area contributed by atoms with E-state index in [1.54, 1.807) is 7.11 Å². The molecule has 2 aromatic rings. The quantitative estimate of drug-likeness (QED) is 0.789. The molecule has 0 fully saturated rings. The van der Waals surface area contributed by atoms with Crippen LogP contribution >= 0.6 is 12.6 Å². The Morgan fingerprint density at radius 2 is 1.88 bits per heavy atom. The first-order chi connectivity index (χ1) is 7.86. The zero-order valence-electron chi connectivity index (χ0n) is 9.18. The first-order valence-corrected chi connectivity index (χ1v) is 5.83. The van der Waals surface area contributed by atoms with E-state index < -0.39 is 0 Å². The Morgan fingerprint density at radius 3 is 2.56 bits per heavy atom. The molecule has 0 saturated heterocycles. The Kier molecular flexibility index (Phi) is 3.52. The van der Waals surface area contributed by atoms with Crippen LogP contribution in [0.25, 0.3) is 16.8 Å². The van der Waals surface area contributed by atoms with Gasteiger partial charge in [0, 0.05) is 11.1 Å². The third kappa shape index (κ3) is 2.07. The molecule has 1 nitrogen and oxygen atoms in total. The van der Waals surface area contributed by atoms with Crippen LogP contribution in [-0.4, -0.2) is 12.9 Å². The van der Waals surface area contributed by atoms with Crippen molar-refractivity contribution in [2.45, 2.75) is 0 Å². The number of methoxy groups -OCH3 is 1. The van der Waals surface area contributed by atoms with Gasteiger partial charge in [-0.3, -0.25) is 0 Å². The molecule has 0 aliphatic rings. The van der Waals surface area contributed by atoms with Gasteiger partial charge in [-0.15, -0.1) is 0 Å². The van der Waals surface area contributed by atoms with Crippen LogP contribution in [0.5, 0.6) is 5.75 Å². The van der Waals surface area contributed by atoms with Crippen LogP contribution in [0, 0.1) is 0 Å². The molecule has 16 heavy (non-hydrogen) atoms. The fourth-order valence-corrected chi connectivity index (χ4v) is 1.90. The van der Waals surface area contributed by atoms with E-state index in [4.69, 9.17) is 4.74 Å². The fraction of sp³-hybridized carbons (Fsp3) is 0.143. The van der Waals surface area contributed by atoms with Crippen molar-refractivity contribution in [3.63, 3.8) is 0 Å². The molecule has 0 bridgehead atoms. The molecule has 2 heteroatoms. The third-order valence-corrected chi connectivity index (χ3v) is 2.75. The number of fused-ring (bicyclic) bond motifs is 1. The van der Waals surface area contributed by atoms with Gasteiger partial charge in [0.25, 0.3) is 0 Å². The van der Waals surface area contributed by atoms with Crippen LogP contribution in [0.2, 0.25) is 0 Å². The standard InChI is InChI=1S/C14H14OS/c1-15-14-9-8-11(5-4-10-16)12-6-2-3-7-13(12)14/h2-9,16H,10H2,1H3. The summed E-state index contributed by atoms with van der Waals surface area (Å²) in [6.45, 7) is 0. The van der Waals surface area contributed by atoms with Crippen molar-refractivity contribution in [2.24, 2.45) is 0 Å². The van der Waals surface area contributed by atoms with Crippen LogP contribution in [0.15, 0.2) is 42.5 Å². The lowest BCUT2D eigenvalue weighted by atomic mass is 10.0. The fourth-order valence-electron chi connectivity index (χ4n) is 1.80. The van der Waals surface area contributed by atoms with E-state index in [1.807, 2.05) is 24.3 Å². The van der Waals surface area contributed by atoms with Crippen molar-refractivity contribution in [1.29, 1.82) is 0 Å². The molecule has 0 amide bonds. The van der Waals surface area contributed by atoms with Crippen molar-refractivity contribution in [2.75, 3.05) is 12.9 Å². The topological polar surface area (TPSA) is 9.23 Å². The minimum atomic E-state index is 0.750. The van der Waals surface area contributed by atoms with Crippen molar-refractivity contribution < 1.29 is 4.74 Å². The van der Waals surface area contributed by atoms with E-state index in [0.29, 0.717) is 0 Å². The maximum absolute atomic E-state index is 5.35. The molecule has 0 aliphatic heterocycles. The van der Waals surface area contributed by atoms with Crippen molar-refractivity contribution in [3.8, 4) is 5.75 Å². The average molecular weight is 230 g/mol. The lowest BCUT2D eigenvalue weighted by Gasteiger charge is -2.07. The second-order valence-corrected chi connectivity index (χ2v) is 3.85. The van der Waals surface area contributed by atoms with Gasteiger partial charge in [-0.2, -0.15) is 12.6 Å². The Balaban J connectivity index is 2.64. The van der Waals surface area contributed by atoms with Crippen molar-refractivity contribution >= 4 is 29.5 Å². The van der Waals surface area contributed by atoms with Crippen LogP contribution in [-0.2, 0) is 0 Å². The number of benzene rings is 2. The van der Waals surface area contributed by atoms with Crippen LogP contribution in [0.4, 0.5) is 0 Å². The van der Waals surface area contributed by atoms with Gasteiger partial charge in [0.2, 0.25) is 0 Å². The number of hydrogen-bond donors (Lipinski definition) is 1. The van der Waals surface area contributed by atoms with Crippen LogP contribution in [0.3, 0.4) is 0 Å². The summed E-state index contributed by atoms with van der Waals surface area (Å²) in [6.07, 6.45) is 4.13. The summed E-state index contributed by atoms with van der Waals surface area (Å²) >= 11 is 4.17. The second kappa shape index (κ2) is 5.08. The van der Waals surface area contributed by atoms with Gasteiger partial charge in [0.05, 0.1) is 7.11 Å². The zero-order chi connectivity index (χ0) is 11.4. The summed E-state index contributed by atoms with van der Waals surface area (Å²) < 4.78 is 5.35. The number of hydrogen-bond acceptors (Lipinski definition) is 2. The highest BCUT2D eigenvalue weighted by Crippen LogP contribution is 2.28. The summed E-state index contributed by atoms with van der Waals surface area (Å²) in [5.41, 5.74) is 1.20. The Bertz CT molecular complexity index is 517. The number of rotatable bonds is 3. The van der Waals surface area contributed by atoms with Gasteiger partial charge >= 0.3 is 0 Å². The Hall–Kier alpha value is -1.41. The monoisotopic (exact) mass is 230 g/mol. The molecule has 0 N–H and O–H groups in total. The number of thiol groups is 1. The van der Waals surface area contributed by atoms with E-state index in [2.05, 4.69) is 36.9 Å². The molecule has 0 atom stereocenters. The van der Waals surface area contributed by atoms with E-state index in [-0.39, 0.29) is 0 Å². The van der Waals surface area contributed by atoms with Crippen LogP contribution in [0.1, 0.15) is 5.56 Å². The molecule has 0 heterocycles. The first kappa shape index (κ1) is 11.1. The molecule has 2 aromatic carbocycles. The molecule has 0 spiro atoms. The molecular formula is C14H14OS. The van der Waals surface area contributed by atoms with E-state index in [1.165, 1.54) is 10.9 Å². The van der Waals surface area contributed by atoms with Gasteiger partial charge in [-0.05, 0) is 17.0 Å². The lowest BCUT2D eigenvalue weighted by molar-refractivity contribution is 0.420. The SMILES string of the molecule is COc1ccc(C=CCS)c2ccccc12. The smallest absolute Gasteiger partial charge is 0.126 e. The van der Waals surface area contributed by atoms with Gasteiger partial charge in [-0.1, -0.05) is 42.5 Å². The first-order valence-electron chi connectivity index (χ1n) is 5.20. The Labute approximate surface area is 101 Å². The number of ether oxygens (including phenoxy) is 1. The predicted molar refractivity (Wildman–Crippen MR) is 73.4 cm³/mol. The van der Waals surface area contributed by atoms with Gasteiger partial charge < -0.3 is 4.74 Å². The average Bonchev–Trinajstić information content (AvgIpc) is 2.36. The van der Waals surface area contributed by atoms with E-state index >= 15 is 0 Å². The molecule has 0 unspecified atom stereocenters. The highest BCUT2D eigenvalue weighted by atomic mass is 32.1. The molecule has 0 aliphatic carbocycles. The molecule has 2 rings (SSSR count). The normalized spacial score (nSPS) is 11.1. The maximum Gasteiger partial charge on any atom is 0.126 e. The summed E-state index contributed by atoms with van der Waals surface area (Å²) in [7, 11) is 1.70. The highest BCUT2D eigenvalue weighted by molar-refractivity contribution is 7.80. The van der Waals surface area contributed by atoms with E-state index in [0.717, 1.165) is 16.9 Å². The largest absolute Gasteiger partial charge is 0.496 e. The van der Waals surface area contributed by atoms with Crippen LogP contribution < -0.4 is 4.74 Å². The molecule has 82 valence electrons. The second-order valence-electron chi connectivity index (χ2n) is 3.49. The summed E-state index contributed by atoms with van der Waals surface area (Å²) in [6, 6.07) is 12.3. The predicted octanol–water partition coefficient (Wildman–Crippen LogP) is 3.79. The lowest BCUT2D eigenvalue weighted by Crippen LogP contribution is -1.86. The summed E-state index contributed by atoms with van der Waals surface area (Å²) in [5, 5.41) is 2.35. The molecule has 0 radical (unpaired) electrons. The van der Waals surface area contributed by atoms with Crippen molar-refractivity contribution in [1.82, 2.24) is 0 Å². The molecule has 0 aromatic heterocycles. The minimum absolute atomic E-state index is 0.750. The van der Waals surface area contributed by atoms with E-state index in [9.17, 15) is 0 Å². The maximum atomic E-state index is 5.35. The van der Waals surface area contributed by atoms with Crippen molar-refractivity contribution in [3.05, 3.63) is 48.0 Å². The zero-order valence-corrected chi connectivity index (χ0v) is 10.1. The summed E-state index contributed by atoms with van der Waals surface area (Å²) in [4.78, 5) is 0. The summed E-state index contributed by atoms with van der Waals surface area (Å²) in [5.74, 6) is 1.67. The third-order valence-electron chi connectivity index (χ3n) is 2.54. The Morgan fingerprint density at radius 1 is 1.12 bits per heavy atom.